The van der Waals surface area contributed by atoms with Gasteiger partial charge in [-0.25, -0.2) is 4.98 Å². The number of aryl methyl sites for hydroxylation is 1. The van der Waals surface area contributed by atoms with Gasteiger partial charge in [-0.2, -0.15) is 0 Å². The fourth-order valence-electron chi connectivity index (χ4n) is 3.03. The zero-order valence-corrected chi connectivity index (χ0v) is 16.0. The van der Waals surface area contributed by atoms with E-state index in [4.69, 9.17) is 11.6 Å². The molecule has 0 saturated carbocycles. The third-order valence-corrected chi connectivity index (χ3v) is 5.73. The van der Waals surface area contributed by atoms with Crippen molar-refractivity contribution in [3.8, 4) is 10.6 Å². The highest BCUT2D eigenvalue weighted by molar-refractivity contribution is 7.17. The fourth-order valence-corrected chi connectivity index (χ4v) is 4.24. The Labute approximate surface area is 156 Å². The zero-order valence-electron chi connectivity index (χ0n) is 14.5. The van der Waals surface area contributed by atoms with Gasteiger partial charge in [0.1, 0.15) is 15.9 Å². The molecule has 25 heavy (non-hydrogen) atoms. The van der Waals surface area contributed by atoms with Crippen LogP contribution in [0.3, 0.4) is 0 Å². The minimum absolute atomic E-state index is 0.0249. The molecule has 5 nitrogen and oxygen atoms in total. The minimum atomic E-state index is -0.376. The zero-order chi connectivity index (χ0) is 18.1. The number of amides is 2. The van der Waals surface area contributed by atoms with Crippen LogP contribution in [0.15, 0.2) is 24.3 Å². The fraction of sp³-hybridized carbons (Fsp3) is 0.389. The van der Waals surface area contributed by atoms with Gasteiger partial charge < -0.3 is 9.80 Å². The van der Waals surface area contributed by atoms with Crippen molar-refractivity contribution in [1.29, 1.82) is 0 Å². The van der Waals surface area contributed by atoms with Crippen LogP contribution in [0.5, 0.6) is 0 Å². The summed E-state index contributed by atoms with van der Waals surface area (Å²) in [7, 11) is 3.44. The van der Waals surface area contributed by atoms with Gasteiger partial charge in [0.05, 0.1) is 5.69 Å². The molecule has 0 N–H and O–H groups in total. The van der Waals surface area contributed by atoms with Crippen molar-refractivity contribution in [1.82, 2.24) is 14.8 Å². The smallest absolute Gasteiger partial charge is 0.266 e. The van der Waals surface area contributed by atoms with E-state index in [0.29, 0.717) is 28.6 Å². The number of hydrogen-bond acceptors (Lipinski definition) is 4. The van der Waals surface area contributed by atoms with Crippen LogP contribution in [0.2, 0.25) is 5.02 Å². The molecule has 2 amide bonds. The van der Waals surface area contributed by atoms with Gasteiger partial charge in [0, 0.05) is 31.2 Å². The molecule has 1 fully saturated rings. The first-order chi connectivity index (χ1) is 11.9. The number of carbonyl (C=O) groups excluding carboxylic acids is 2. The number of likely N-dealkylation sites (tertiary alicyclic amines) is 1. The predicted molar refractivity (Wildman–Crippen MR) is 100 cm³/mol. The number of aromatic nitrogens is 1. The van der Waals surface area contributed by atoms with E-state index >= 15 is 0 Å². The van der Waals surface area contributed by atoms with E-state index in [-0.39, 0.29) is 17.9 Å². The number of nitrogens with zero attached hydrogens (tertiary/aromatic N) is 3. The maximum atomic E-state index is 13.0. The standard InChI is InChI=1S/C18H20ClN3O2S/c1-11-15(25-16(20-11)12-6-4-7-13(19)10-12)18(24)22-9-5-8-14(22)17(23)21(2)3/h4,6-7,10,14H,5,8-9H2,1-3H3. The van der Waals surface area contributed by atoms with Crippen LogP contribution < -0.4 is 0 Å². The minimum Gasteiger partial charge on any atom is -0.347 e. The summed E-state index contributed by atoms with van der Waals surface area (Å²) in [5.41, 5.74) is 1.58. The number of hydrogen-bond donors (Lipinski definition) is 0. The first-order valence-corrected chi connectivity index (χ1v) is 9.33. The molecule has 0 aliphatic carbocycles. The average molecular weight is 378 g/mol. The maximum absolute atomic E-state index is 13.0. The molecule has 2 aromatic rings. The molecule has 0 bridgehead atoms. The van der Waals surface area contributed by atoms with Crippen molar-refractivity contribution >= 4 is 34.8 Å². The molecule has 1 unspecified atom stereocenters. The molecule has 7 heteroatoms. The first kappa shape index (κ1) is 17.9. The molecular weight excluding hydrogens is 358 g/mol. The SMILES string of the molecule is Cc1nc(-c2cccc(Cl)c2)sc1C(=O)N1CCCC1C(=O)N(C)C. The number of benzene rings is 1. The molecule has 1 aromatic heterocycles. The van der Waals surface area contributed by atoms with Crippen LogP contribution in [-0.2, 0) is 4.79 Å². The highest BCUT2D eigenvalue weighted by Gasteiger charge is 2.36. The van der Waals surface area contributed by atoms with Crippen molar-refractivity contribution in [3.63, 3.8) is 0 Å². The lowest BCUT2D eigenvalue weighted by Gasteiger charge is -2.25. The Morgan fingerprint density at radius 1 is 1.36 bits per heavy atom. The number of halogens is 1. The Morgan fingerprint density at radius 3 is 2.80 bits per heavy atom. The van der Waals surface area contributed by atoms with E-state index in [1.165, 1.54) is 11.3 Å². The van der Waals surface area contributed by atoms with Crippen LogP contribution in [0.1, 0.15) is 28.2 Å². The summed E-state index contributed by atoms with van der Waals surface area (Å²) in [5, 5.41) is 1.40. The summed E-state index contributed by atoms with van der Waals surface area (Å²) >= 11 is 7.40. The van der Waals surface area contributed by atoms with Gasteiger partial charge >= 0.3 is 0 Å². The lowest BCUT2D eigenvalue weighted by molar-refractivity contribution is -0.132. The van der Waals surface area contributed by atoms with Crippen molar-refractivity contribution in [2.75, 3.05) is 20.6 Å². The van der Waals surface area contributed by atoms with E-state index in [1.54, 1.807) is 30.0 Å². The van der Waals surface area contributed by atoms with E-state index in [9.17, 15) is 9.59 Å². The van der Waals surface area contributed by atoms with Gasteiger partial charge in [-0.3, -0.25) is 9.59 Å². The molecule has 1 aromatic carbocycles. The average Bonchev–Trinajstić information content (AvgIpc) is 3.20. The van der Waals surface area contributed by atoms with E-state index < -0.39 is 0 Å². The molecular formula is C18H20ClN3O2S. The summed E-state index contributed by atoms with van der Waals surface area (Å²) in [6.45, 7) is 2.43. The van der Waals surface area contributed by atoms with Crippen LogP contribution in [0, 0.1) is 6.92 Å². The summed E-state index contributed by atoms with van der Waals surface area (Å²) in [4.78, 5) is 33.7. The Hall–Kier alpha value is -1.92. The van der Waals surface area contributed by atoms with Gasteiger partial charge in [-0.15, -0.1) is 11.3 Å². The molecule has 132 valence electrons. The second kappa shape index (κ2) is 7.14. The summed E-state index contributed by atoms with van der Waals surface area (Å²) in [5.74, 6) is -0.135. The maximum Gasteiger partial charge on any atom is 0.266 e. The number of carbonyl (C=O) groups is 2. The topological polar surface area (TPSA) is 53.5 Å². The summed E-state index contributed by atoms with van der Waals surface area (Å²) in [6.07, 6.45) is 1.55. The molecule has 1 atom stereocenters. The van der Waals surface area contributed by atoms with Gasteiger partial charge in [0.2, 0.25) is 5.91 Å². The second-order valence-electron chi connectivity index (χ2n) is 6.33. The van der Waals surface area contributed by atoms with Crippen LogP contribution in [0.25, 0.3) is 10.6 Å². The van der Waals surface area contributed by atoms with Crippen LogP contribution >= 0.6 is 22.9 Å². The highest BCUT2D eigenvalue weighted by Crippen LogP contribution is 2.32. The summed E-state index contributed by atoms with van der Waals surface area (Å²) in [6, 6.07) is 7.05. The van der Waals surface area contributed by atoms with Gasteiger partial charge in [0.25, 0.3) is 5.91 Å². The van der Waals surface area contributed by atoms with Crippen molar-refractivity contribution in [3.05, 3.63) is 39.9 Å². The monoisotopic (exact) mass is 377 g/mol. The highest BCUT2D eigenvalue weighted by atomic mass is 35.5. The molecule has 3 rings (SSSR count). The van der Waals surface area contributed by atoms with Crippen LogP contribution in [0.4, 0.5) is 0 Å². The van der Waals surface area contributed by atoms with Gasteiger partial charge in [0.15, 0.2) is 0 Å². The molecule has 1 saturated heterocycles. The molecule has 1 aliphatic rings. The first-order valence-electron chi connectivity index (χ1n) is 8.14. The van der Waals surface area contributed by atoms with E-state index in [0.717, 1.165) is 17.0 Å². The Bertz CT molecular complexity index is 818. The lowest BCUT2D eigenvalue weighted by Crippen LogP contribution is -2.45. The predicted octanol–water partition coefficient (Wildman–Crippen LogP) is 3.46. The van der Waals surface area contributed by atoms with Crippen molar-refractivity contribution < 1.29 is 9.59 Å². The van der Waals surface area contributed by atoms with Crippen molar-refractivity contribution in [2.45, 2.75) is 25.8 Å². The third-order valence-electron chi connectivity index (χ3n) is 4.30. The number of likely N-dealkylation sites (N-methyl/N-ethyl adjacent to an activating group) is 1. The summed E-state index contributed by atoms with van der Waals surface area (Å²) < 4.78 is 0. The largest absolute Gasteiger partial charge is 0.347 e. The molecule has 1 aliphatic heterocycles. The number of rotatable bonds is 3. The van der Waals surface area contributed by atoms with E-state index in [2.05, 4.69) is 4.98 Å². The second-order valence-corrected chi connectivity index (χ2v) is 7.77. The molecule has 2 heterocycles. The van der Waals surface area contributed by atoms with Gasteiger partial charge in [-0.05, 0) is 31.9 Å². The molecule has 0 spiro atoms. The Kier molecular flexibility index (Phi) is 5.11. The van der Waals surface area contributed by atoms with Gasteiger partial charge in [-0.1, -0.05) is 23.7 Å². The number of thiazole rings is 1. The Balaban J connectivity index is 1.89. The Morgan fingerprint density at radius 2 is 2.12 bits per heavy atom. The molecule has 0 radical (unpaired) electrons. The quantitative estimate of drug-likeness (QED) is 0.823. The lowest BCUT2D eigenvalue weighted by atomic mass is 10.2. The van der Waals surface area contributed by atoms with Crippen LogP contribution in [-0.4, -0.2) is 53.3 Å². The van der Waals surface area contributed by atoms with Crippen molar-refractivity contribution in [2.24, 2.45) is 0 Å². The van der Waals surface area contributed by atoms with E-state index in [1.807, 2.05) is 25.1 Å². The normalized spacial score (nSPS) is 17.0. The third kappa shape index (κ3) is 3.55.